The van der Waals surface area contributed by atoms with Gasteiger partial charge in [-0.15, -0.1) is 0 Å². The molecule has 2 aliphatic heterocycles. The average molecular weight is 896 g/mol. The molecule has 14 nitrogen and oxygen atoms in total. The lowest BCUT2D eigenvalue weighted by Crippen LogP contribution is -2.19. The zero-order valence-electron chi connectivity index (χ0n) is 37.2. The van der Waals surface area contributed by atoms with Gasteiger partial charge in [0.05, 0.1) is 53.1 Å². The molecule has 15 heteroatoms. The summed E-state index contributed by atoms with van der Waals surface area (Å²) in [6.45, 7) is 7.09. The van der Waals surface area contributed by atoms with Gasteiger partial charge in [0.15, 0.2) is 28.0 Å². The highest BCUT2D eigenvalue weighted by molar-refractivity contribution is 6.29. The summed E-state index contributed by atoms with van der Waals surface area (Å²) < 4.78 is 17.0. The largest absolute Gasteiger partial charge is 0.379 e. The first-order valence-electron chi connectivity index (χ1n) is 23.1. The number of hydrogen-bond donors (Lipinski definition) is 2. The molecule has 2 atom stereocenters. The van der Waals surface area contributed by atoms with Crippen molar-refractivity contribution in [2.24, 2.45) is 18.9 Å². The van der Waals surface area contributed by atoms with E-state index in [4.69, 9.17) is 31.2 Å². The molecule has 0 radical (unpaired) electrons. The van der Waals surface area contributed by atoms with Gasteiger partial charge in [-0.3, -0.25) is 14.3 Å². The Bertz CT molecular complexity index is 2880. The molecule has 7 aromatic rings. The molecule has 336 valence electrons. The smallest absolute Gasteiger partial charge is 0.177 e. The SMILES string of the molecule is Cc1cc(-c2cnc3c(NC[C@@H]4CCCO4)cc(-c4ccnn4C)nn23)ccc1C(=O)CC1CC1.Cc1cc(-c2cnc3c(NC[C@@H]4CCCO4)cc(Cl)nn23)ccc1C(=O)CC1CC1. The second-order valence-corrected chi connectivity index (χ2v) is 18.5. The van der Waals surface area contributed by atoms with Crippen LogP contribution in [-0.2, 0) is 16.5 Å². The lowest BCUT2D eigenvalue weighted by molar-refractivity contribution is 0.0967. The quantitative estimate of drug-likeness (QED) is 0.0946. The van der Waals surface area contributed by atoms with Crippen molar-refractivity contribution in [2.45, 2.75) is 90.3 Å². The van der Waals surface area contributed by atoms with E-state index in [0.29, 0.717) is 29.8 Å². The summed E-state index contributed by atoms with van der Waals surface area (Å²) in [5.41, 5.74) is 12.2. The van der Waals surface area contributed by atoms with Crippen LogP contribution in [0.2, 0.25) is 5.15 Å². The molecule has 0 amide bonds. The number of nitrogens with one attached hydrogen (secondary N) is 2. The maximum Gasteiger partial charge on any atom is 0.177 e. The van der Waals surface area contributed by atoms with Gasteiger partial charge in [0, 0.05) is 80.7 Å². The lowest BCUT2D eigenvalue weighted by atomic mass is 9.98. The molecule has 4 aliphatic rings. The fourth-order valence-electron chi connectivity index (χ4n) is 9.03. The van der Waals surface area contributed by atoms with Crippen LogP contribution in [0, 0.1) is 25.7 Å². The third-order valence-electron chi connectivity index (χ3n) is 13.1. The molecule has 2 aromatic carbocycles. The molecule has 0 spiro atoms. The van der Waals surface area contributed by atoms with Gasteiger partial charge >= 0.3 is 0 Å². The number of benzene rings is 2. The van der Waals surface area contributed by atoms with E-state index in [1.165, 1.54) is 25.7 Å². The maximum absolute atomic E-state index is 12.7. The number of carbonyl (C=O) groups excluding carboxylic acids is 2. The number of aromatic nitrogens is 8. The number of hydrogen-bond acceptors (Lipinski definition) is 11. The van der Waals surface area contributed by atoms with Gasteiger partial charge in [0.25, 0.3) is 0 Å². The van der Waals surface area contributed by atoms with Crippen LogP contribution in [0.1, 0.15) is 96.1 Å². The third kappa shape index (κ3) is 9.57. The van der Waals surface area contributed by atoms with Crippen LogP contribution in [0.3, 0.4) is 0 Å². The number of anilines is 2. The molecule has 2 N–H and O–H groups in total. The average Bonchev–Trinajstić information content (AvgIpc) is 3.83. The minimum Gasteiger partial charge on any atom is -0.379 e. The van der Waals surface area contributed by atoms with Gasteiger partial charge in [0.2, 0.25) is 0 Å². The highest BCUT2D eigenvalue weighted by Crippen LogP contribution is 2.36. The normalized spacial score (nSPS) is 18.3. The van der Waals surface area contributed by atoms with Gasteiger partial charge in [0.1, 0.15) is 5.69 Å². The van der Waals surface area contributed by atoms with Crippen LogP contribution in [0.25, 0.3) is 45.2 Å². The number of halogens is 1. The molecule has 65 heavy (non-hydrogen) atoms. The molecule has 0 bridgehead atoms. The number of aryl methyl sites for hydroxylation is 3. The van der Waals surface area contributed by atoms with Gasteiger partial charge in [-0.2, -0.15) is 15.3 Å². The summed E-state index contributed by atoms with van der Waals surface area (Å²) >= 11 is 6.31. The summed E-state index contributed by atoms with van der Waals surface area (Å²) in [5.74, 6) is 1.64. The van der Waals surface area contributed by atoms with Crippen LogP contribution in [0.5, 0.6) is 0 Å². The van der Waals surface area contributed by atoms with E-state index in [-0.39, 0.29) is 23.8 Å². The van der Waals surface area contributed by atoms with E-state index >= 15 is 0 Å². The van der Waals surface area contributed by atoms with Crippen molar-refractivity contribution in [1.29, 1.82) is 0 Å². The second-order valence-electron chi connectivity index (χ2n) is 18.2. The van der Waals surface area contributed by atoms with Crippen LogP contribution in [0.4, 0.5) is 11.4 Å². The topological polar surface area (TPSA) is 155 Å². The van der Waals surface area contributed by atoms with Crippen molar-refractivity contribution in [3.05, 3.63) is 101 Å². The Kier molecular flexibility index (Phi) is 12.2. The Labute approximate surface area is 383 Å². The number of carbonyl (C=O) groups is 2. The van der Waals surface area contributed by atoms with Crippen molar-refractivity contribution in [1.82, 2.24) is 39.0 Å². The minimum atomic E-state index is 0.209. The van der Waals surface area contributed by atoms with Crippen LogP contribution >= 0.6 is 11.6 Å². The predicted molar refractivity (Wildman–Crippen MR) is 252 cm³/mol. The predicted octanol–water partition coefficient (Wildman–Crippen LogP) is 9.61. The first-order chi connectivity index (χ1) is 31.6. The van der Waals surface area contributed by atoms with Crippen molar-refractivity contribution in [2.75, 3.05) is 36.9 Å². The number of ether oxygens (including phenoxy) is 2. The summed E-state index contributed by atoms with van der Waals surface area (Å²) in [4.78, 5) is 34.5. The Morgan fingerprint density at radius 2 is 1.20 bits per heavy atom. The molecule has 4 fully saturated rings. The van der Waals surface area contributed by atoms with Crippen LogP contribution in [0.15, 0.2) is 73.2 Å². The first-order valence-corrected chi connectivity index (χ1v) is 23.4. The minimum absolute atomic E-state index is 0.209. The van der Waals surface area contributed by atoms with E-state index in [0.717, 1.165) is 131 Å². The zero-order valence-corrected chi connectivity index (χ0v) is 38.0. The Morgan fingerprint density at radius 3 is 1.66 bits per heavy atom. The van der Waals surface area contributed by atoms with Crippen molar-refractivity contribution < 1.29 is 19.1 Å². The summed E-state index contributed by atoms with van der Waals surface area (Å²) in [5, 5.41) is 21.1. The number of Topliss-reactive ketones (excluding diaryl/α,β-unsaturated/α-hetero) is 2. The first kappa shape index (κ1) is 43.0. The Balaban J connectivity index is 0.000000155. The summed E-state index contributed by atoms with van der Waals surface area (Å²) in [6.07, 6.45) is 16.2. The number of ketones is 2. The van der Waals surface area contributed by atoms with Crippen LogP contribution in [-0.4, -0.2) is 89.1 Å². The molecule has 2 saturated heterocycles. The third-order valence-corrected chi connectivity index (χ3v) is 13.2. The number of nitrogens with zero attached hydrogens (tertiary/aromatic N) is 8. The number of fused-ring (bicyclic) bond motifs is 2. The Hall–Kier alpha value is -5.96. The van der Waals surface area contributed by atoms with E-state index < -0.39 is 0 Å². The molecule has 5 aromatic heterocycles. The Morgan fingerprint density at radius 1 is 0.677 bits per heavy atom. The zero-order chi connectivity index (χ0) is 44.6. The van der Waals surface area contributed by atoms with E-state index in [9.17, 15) is 9.59 Å². The number of rotatable bonds is 15. The van der Waals surface area contributed by atoms with E-state index in [1.807, 2.05) is 78.8 Å². The van der Waals surface area contributed by atoms with E-state index in [1.54, 1.807) is 23.0 Å². The maximum atomic E-state index is 12.7. The fourth-order valence-corrected chi connectivity index (χ4v) is 9.21. The number of imidazole rings is 2. The van der Waals surface area contributed by atoms with E-state index in [2.05, 4.69) is 31.9 Å². The molecular formula is C50H55ClN10O4. The molecule has 7 heterocycles. The van der Waals surface area contributed by atoms with Gasteiger partial charge in [-0.1, -0.05) is 35.9 Å². The molecule has 0 unspecified atom stereocenters. The monoisotopic (exact) mass is 894 g/mol. The van der Waals surface area contributed by atoms with Crippen molar-refractivity contribution in [3.8, 4) is 33.9 Å². The van der Waals surface area contributed by atoms with Gasteiger partial charge < -0.3 is 20.1 Å². The highest BCUT2D eigenvalue weighted by Gasteiger charge is 2.27. The fraction of sp³-hybridized carbons (Fsp3) is 0.420. The highest BCUT2D eigenvalue weighted by atomic mass is 35.5. The summed E-state index contributed by atoms with van der Waals surface area (Å²) in [6, 6.07) is 17.8. The molecule has 2 aliphatic carbocycles. The lowest BCUT2D eigenvalue weighted by Gasteiger charge is -2.14. The van der Waals surface area contributed by atoms with Gasteiger partial charge in [-0.25, -0.2) is 19.0 Å². The summed E-state index contributed by atoms with van der Waals surface area (Å²) in [7, 11) is 1.91. The van der Waals surface area contributed by atoms with Gasteiger partial charge in [-0.05, 0) is 112 Å². The molecular weight excluding hydrogens is 840 g/mol. The van der Waals surface area contributed by atoms with Crippen molar-refractivity contribution >= 4 is 45.8 Å². The van der Waals surface area contributed by atoms with Crippen molar-refractivity contribution in [3.63, 3.8) is 0 Å². The molecule has 11 rings (SSSR count). The second kappa shape index (κ2) is 18.5. The standard InChI is InChI=1S/C27H30N6O2.C23H25ClN4O2/c1-17-12-19(7-8-21(17)26(34)13-18-5-6-18)25-16-29-27-23(28-15-20-4-3-11-35-20)14-22(31-33(25)27)24-9-10-30-32(24)2;1-14-9-16(6-7-18(14)21(29)10-15-4-5-15)20-13-26-23-19(11-22(24)27-28(20)23)25-12-17-3-2-8-30-17/h7-10,12,14,16,18,20,28H,3-6,11,13,15H2,1-2H3;6-7,9,11,13,15,17,25H,2-5,8,10,12H2,1H3/t20-;17-/m00/s1. The molecule has 2 saturated carbocycles. The van der Waals surface area contributed by atoms with Crippen LogP contribution < -0.4 is 10.6 Å².